The molecule has 9 heteroatoms. The average molecular weight is 486 g/mol. The van der Waals surface area contributed by atoms with Crippen LogP contribution in [0.4, 0.5) is 11.4 Å². The predicted octanol–water partition coefficient (Wildman–Crippen LogP) is 3.48. The van der Waals surface area contributed by atoms with Gasteiger partial charge in [-0.15, -0.1) is 0 Å². The Labute approximate surface area is 210 Å². The van der Waals surface area contributed by atoms with E-state index in [1.807, 2.05) is 41.1 Å². The standard InChI is InChI=1S/C27H31N7O2/c1-27(2)24-11-18(13-28-3)5-6-23(24)26(36)34(27)22-12-21(15-29-16-22)31-20-7-9-33(10-8-20)25(35)19-14-30-32(4)17-19/h5-6,11-17,20,31H,7-10H2,1-4H3. The lowest BCUT2D eigenvalue weighted by Crippen LogP contribution is -2.42. The number of carbonyl (C=O) groups excluding carboxylic acids is 2. The van der Waals surface area contributed by atoms with Crippen molar-refractivity contribution in [1.82, 2.24) is 19.7 Å². The van der Waals surface area contributed by atoms with Gasteiger partial charge in [0.1, 0.15) is 0 Å². The zero-order valence-electron chi connectivity index (χ0n) is 21.1. The molecule has 1 saturated heterocycles. The van der Waals surface area contributed by atoms with Crippen molar-refractivity contribution in [2.45, 2.75) is 38.3 Å². The van der Waals surface area contributed by atoms with Gasteiger partial charge in [-0.3, -0.25) is 29.1 Å². The van der Waals surface area contributed by atoms with Crippen molar-refractivity contribution in [3.05, 3.63) is 71.3 Å². The molecule has 0 saturated carbocycles. The van der Waals surface area contributed by atoms with Crippen LogP contribution in [0.15, 0.2) is 54.0 Å². The molecule has 2 aliphatic rings. The number of hydrogen-bond acceptors (Lipinski definition) is 6. The molecule has 1 N–H and O–H groups in total. The number of carbonyl (C=O) groups is 2. The Morgan fingerprint density at radius 2 is 1.94 bits per heavy atom. The second kappa shape index (κ2) is 9.22. The molecule has 0 spiro atoms. The van der Waals surface area contributed by atoms with E-state index in [4.69, 9.17) is 0 Å². The first-order chi connectivity index (χ1) is 17.3. The highest BCUT2D eigenvalue weighted by molar-refractivity contribution is 6.12. The maximum absolute atomic E-state index is 13.4. The number of aliphatic imine (C=N–C) groups is 1. The third kappa shape index (κ3) is 4.25. The van der Waals surface area contributed by atoms with Gasteiger partial charge in [-0.25, -0.2) is 0 Å². The van der Waals surface area contributed by atoms with Gasteiger partial charge in [-0.2, -0.15) is 5.10 Å². The van der Waals surface area contributed by atoms with E-state index in [1.54, 1.807) is 42.7 Å². The normalized spacial score (nSPS) is 17.6. The first-order valence-electron chi connectivity index (χ1n) is 12.2. The first kappa shape index (κ1) is 23.7. The number of piperidine rings is 1. The minimum absolute atomic E-state index is 0.0212. The van der Waals surface area contributed by atoms with Gasteiger partial charge in [0, 0.05) is 51.2 Å². The molecule has 2 amide bonds. The van der Waals surface area contributed by atoms with Crippen molar-refractivity contribution in [2.24, 2.45) is 12.0 Å². The number of nitrogens with zero attached hydrogens (tertiary/aromatic N) is 6. The van der Waals surface area contributed by atoms with Crippen LogP contribution < -0.4 is 10.2 Å². The van der Waals surface area contributed by atoms with E-state index >= 15 is 0 Å². The van der Waals surface area contributed by atoms with Crippen molar-refractivity contribution < 1.29 is 9.59 Å². The number of benzene rings is 1. The summed E-state index contributed by atoms with van der Waals surface area (Å²) in [6.45, 7) is 5.46. The maximum atomic E-state index is 13.4. The monoisotopic (exact) mass is 485 g/mol. The molecule has 0 radical (unpaired) electrons. The molecule has 5 rings (SSSR count). The summed E-state index contributed by atoms with van der Waals surface area (Å²) in [6, 6.07) is 8.05. The van der Waals surface area contributed by atoms with E-state index < -0.39 is 5.54 Å². The molecule has 0 bridgehead atoms. The Morgan fingerprint density at radius 1 is 1.17 bits per heavy atom. The number of rotatable bonds is 5. The summed E-state index contributed by atoms with van der Waals surface area (Å²) >= 11 is 0. The largest absolute Gasteiger partial charge is 0.381 e. The molecule has 1 aromatic carbocycles. The molecule has 3 aromatic rings. The zero-order chi connectivity index (χ0) is 25.4. The third-order valence-electron chi connectivity index (χ3n) is 7.06. The van der Waals surface area contributed by atoms with Crippen LogP contribution in [0.25, 0.3) is 0 Å². The van der Waals surface area contributed by atoms with E-state index in [1.165, 1.54) is 0 Å². The van der Waals surface area contributed by atoms with E-state index in [9.17, 15) is 9.59 Å². The van der Waals surface area contributed by atoms with Gasteiger partial charge in [0.2, 0.25) is 0 Å². The number of anilines is 2. The van der Waals surface area contributed by atoms with Gasteiger partial charge in [-0.05, 0) is 56.0 Å². The summed E-state index contributed by atoms with van der Waals surface area (Å²) in [6.07, 6.45) is 10.3. The number of likely N-dealkylation sites (tertiary alicyclic amines) is 1. The summed E-state index contributed by atoms with van der Waals surface area (Å²) in [5.74, 6) is -0.0101. The lowest BCUT2D eigenvalue weighted by Gasteiger charge is -2.34. The Hall–Kier alpha value is -4.01. The van der Waals surface area contributed by atoms with Crippen molar-refractivity contribution in [3.8, 4) is 0 Å². The Balaban J connectivity index is 1.28. The molecular formula is C27H31N7O2. The Bertz CT molecular complexity index is 1340. The molecule has 2 aliphatic heterocycles. The van der Waals surface area contributed by atoms with Crippen LogP contribution in [0, 0.1) is 0 Å². The molecule has 0 aliphatic carbocycles. The van der Waals surface area contributed by atoms with E-state index in [2.05, 4.69) is 34.2 Å². The lowest BCUT2D eigenvalue weighted by molar-refractivity contribution is 0.0718. The topological polar surface area (TPSA) is 95.7 Å². The molecule has 9 nitrogen and oxygen atoms in total. The summed E-state index contributed by atoms with van der Waals surface area (Å²) in [5, 5.41) is 7.67. The molecule has 1 fully saturated rings. The molecule has 0 atom stereocenters. The molecule has 0 unspecified atom stereocenters. The fraction of sp³-hybridized carbons (Fsp3) is 0.370. The zero-order valence-corrected chi connectivity index (χ0v) is 21.1. The van der Waals surface area contributed by atoms with Crippen LogP contribution >= 0.6 is 0 Å². The van der Waals surface area contributed by atoms with Crippen molar-refractivity contribution >= 4 is 29.4 Å². The summed E-state index contributed by atoms with van der Waals surface area (Å²) in [5.41, 5.74) is 4.37. The second-order valence-corrected chi connectivity index (χ2v) is 9.94. The first-order valence-corrected chi connectivity index (χ1v) is 12.2. The smallest absolute Gasteiger partial charge is 0.259 e. The van der Waals surface area contributed by atoms with Crippen LogP contribution in [0.2, 0.25) is 0 Å². The number of fused-ring (bicyclic) bond motifs is 1. The lowest BCUT2D eigenvalue weighted by atomic mass is 9.92. The van der Waals surface area contributed by atoms with Gasteiger partial charge >= 0.3 is 0 Å². The highest BCUT2D eigenvalue weighted by Gasteiger charge is 2.44. The highest BCUT2D eigenvalue weighted by Crippen LogP contribution is 2.42. The van der Waals surface area contributed by atoms with E-state index in [0.29, 0.717) is 24.2 Å². The van der Waals surface area contributed by atoms with Gasteiger partial charge in [-0.1, -0.05) is 6.07 Å². The molecule has 2 aromatic heterocycles. The number of amides is 2. The second-order valence-electron chi connectivity index (χ2n) is 9.94. The van der Waals surface area contributed by atoms with Gasteiger partial charge in [0.15, 0.2) is 0 Å². The predicted molar refractivity (Wildman–Crippen MR) is 140 cm³/mol. The molecule has 186 valence electrons. The highest BCUT2D eigenvalue weighted by atomic mass is 16.2. The minimum Gasteiger partial charge on any atom is -0.381 e. The number of aromatic nitrogens is 3. The van der Waals surface area contributed by atoms with Crippen LogP contribution in [-0.2, 0) is 12.6 Å². The van der Waals surface area contributed by atoms with Crippen molar-refractivity contribution in [2.75, 3.05) is 30.4 Å². The van der Waals surface area contributed by atoms with Crippen LogP contribution in [0.1, 0.15) is 58.5 Å². The SMILES string of the molecule is CN=Cc1ccc2c(c1)C(C)(C)N(c1cncc(NC3CCN(C(=O)c4cnn(C)c4)CC3)c1)C2=O. The van der Waals surface area contributed by atoms with Crippen molar-refractivity contribution in [1.29, 1.82) is 0 Å². The van der Waals surface area contributed by atoms with Gasteiger partial charge in [0.05, 0.1) is 41.1 Å². The van der Waals surface area contributed by atoms with Crippen LogP contribution in [-0.4, -0.2) is 63.9 Å². The summed E-state index contributed by atoms with van der Waals surface area (Å²) in [7, 11) is 3.55. The minimum atomic E-state index is -0.525. The summed E-state index contributed by atoms with van der Waals surface area (Å²) in [4.78, 5) is 38.4. The molecule has 4 heterocycles. The summed E-state index contributed by atoms with van der Waals surface area (Å²) < 4.78 is 1.64. The van der Waals surface area contributed by atoms with Crippen LogP contribution in [0.3, 0.4) is 0 Å². The maximum Gasteiger partial charge on any atom is 0.259 e. The quantitative estimate of drug-likeness (QED) is 0.559. The Morgan fingerprint density at radius 3 is 2.64 bits per heavy atom. The molecular weight excluding hydrogens is 454 g/mol. The average Bonchev–Trinajstić information content (AvgIpc) is 3.38. The number of aryl methyl sites for hydroxylation is 1. The van der Waals surface area contributed by atoms with Gasteiger partial charge < -0.3 is 10.2 Å². The third-order valence-corrected chi connectivity index (χ3v) is 7.06. The van der Waals surface area contributed by atoms with E-state index in [0.717, 1.165) is 35.3 Å². The van der Waals surface area contributed by atoms with Crippen LogP contribution in [0.5, 0.6) is 0 Å². The Kier molecular flexibility index (Phi) is 6.07. The van der Waals surface area contributed by atoms with Crippen molar-refractivity contribution in [3.63, 3.8) is 0 Å². The molecule has 36 heavy (non-hydrogen) atoms. The van der Waals surface area contributed by atoms with E-state index in [-0.39, 0.29) is 17.9 Å². The number of nitrogens with one attached hydrogen (secondary N) is 1. The number of pyridine rings is 1. The fourth-order valence-electron chi connectivity index (χ4n) is 5.22. The number of hydrogen-bond donors (Lipinski definition) is 1. The fourth-order valence-corrected chi connectivity index (χ4v) is 5.22. The van der Waals surface area contributed by atoms with Gasteiger partial charge in [0.25, 0.3) is 11.8 Å².